The molecule has 2 aromatic rings. The molecule has 0 aliphatic heterocycles. The monoisotopic (exact) mass is 405 g/mol. The second kappa shape index (κ2) is 6.38. The molecule has 0 spiro atoms. The van der Waals surface area contributed by atoms with Crippen LogP contribution in [0.2, 0.25) is 10.0 Å². The van der Waals surface area contributed by atoms with Crippen molar-refractivity contribution in [1.29, 1.82) is 5.26 Å². The Balaban J connectivity index is 2.60. The van der Waals surface area contributed by atoms with E-state index >= 15 is 0 Å². The van der Waals surface area contributed by atoms with Crippen LogP contribution in [0.25, 0.3) is 5.69 Å². The van der Waals surface area contributed by atoms with Crippen molar-refractivity contribution in [2.45, 2.75) is 16.6 Å². The van der Waals surface area contributed by atoms with Crippen molar-refractivity contribution in [3.05, 3.63) is 39.6 Å². The Bertz CT molecular complexity index is 799. The van der Waals surface area contributed by atoms with Crippen LogP contribution in [-0.2, 0) is 6.18 Å². The van der Waals surface area contributed by atoms with Crippen molar-refractivity contribution in [1.82, 2.24) is 9.78 Å². The van der Waals surface area contributed by atoms with Gasteiger partial charge in [-0.2, -0.15) is 36.7 Å². The molecule has 0 atom stereocenters. The fourth-order valence-electron chi connectivity index (χ4n) is 1.74. The van der Waals surface area contributed by atoms with E-state index in [9.17, 15) is 26.3 Å². The van der Waals surface area contributed by atoms with Gasteiger partial charge in [0.15, 0.2) is 5.69 Å². The first-order valence-corrected chi connectivity index (χ1v) is 7.31. The molecule has 2 rings (SSSR count). The van der Waals surface area contributed by atoms with E-state index in [1.54, 1.807) is 0 Å². The number of alkyl halides is 6. The Morgan fingerprint density at radius 3 is 2.04 bits per heavy atom. The maximum absolute atomic E-state index is 12.7. The number of hydrogen-bond donors (Lipinski definition) is 0. The number of rotatable bonds is 2. The SMILES string of the molecule is N#Cc1c(SC(F)(F)F)cnn1-c1c(Cl)cc(C(F)(F)F)cc1Cl. The lowest BCUT2D eigenvalue weighted by Crippen LogP contribution is -2.08. The van der Waals surface area contributed by atoms with Crippen molar-refractivity contribution in [3.8, 4) is 11.8 Å². The minimum Gasteiger partial charge on any atom is -0.219 e. The van der Waals surface area contributed by atoms with Crippen LogP contribution in [0.3, 0.4) is 0 Å². The summed E-state index contributed by atoms with van der Waals surface area (Å²) in [6.07, 6.45) is -3.97. The van der Waals surface area contributed by atoms with E-state index in [1.807, 2.05) is 0 Å². The molecule has 24 heavy (non-hydrogen) atoms. The zero-order chi connectivity index (χ0) is 18.3. The van der Waals surface area contributed by atoms with Gasteiger partial charge in [-0.3, -0.25) is 0 Å². The van der Waals surface area contributed by atoms with Crippen molar-refractivity contribution in [2.24, 2.45) is 0 Å². The van der Waals surface area contributed by atoms with Crippen LogP contribution in [-0.4, -0.2) is 15.3 Å². The van der Waals surface area contributed by atoms with Gasteiger partial charge in [-0.05, 0) is 23.9 Å². The number of aromatic nitrogens is 2. The summed E-state index contributed by atoms with van der Waals surface area (Å²) < 4.78 is 76.1. The molecule has 0 saturated heterocycles. The first-order valence-electron chi connectivity index (χ1n) is 5.74. The van der Waals surface area contributed by atoms with E-state index in [-0.39, 0.29) is 5.69 Å². The average Bonchev–Trinajstić information content (AvgIpc) is 2.77. The zero-order valence-electron chi connectivity index (χ0n) is 11.0. The molecule has 0 N–H and O–H groups in total. The third-order valence-corrected chi connectivity index (χ3v) is 3.95. The molecular weight excluding hydrogens is 403 g/mol. The van der Waals surface area contributed by atoms with E-state index in [1.165, 1.54) is 6.07 Å². The van der Waals surface area contributed by atoms with Gasteiger partial charge in [0.05, 0.1) is 26.7 Å². The van der Waals surface area contributed by atoms with E-state index in [0.29, 0.717) is 16.8 Å². The lowest BCUT2D eigenvalue weighted by Gasteiger charge is -2.13. The molecule has 0 bridgehead atoms. The van der Waals surface area contributed by atoms with Gasteiger partial charge in [0.25, 0.3) is 0 Å². The molecule has 12 heteroatoms. The molecule has 1 heterocycles. The minimum atomic E-state index is -4.72. The highest BCUT2D eigenvalue weighted by molar-refractivity contribution is 8.00. The van der Waals surface area contributed by atoms with E-state index in [2.05, 4.69) is 5.10 Å². The summed E-state index contributed by atoms with van der Waals surface area (Å²) >= 11 is 10.9. The molecule has 0 fully saturated rings. The maximum Gasteiger partial charge on any atom is 0.446 e. The second-order valence-corrected chi connectivity index (χ2v) is 6.14. The summed E-state index contributed by atoms with van der Waals surface area (Å²) in [4.78, 5) is -0.531. The standard InChI is InChI=1S/C12H3Cl2F6N3S/c13-6-1-5(11(15,16)17)2-7(14)10(6)23-8(3-21)9(4-22-23)24-12(18,19)20/h1-2,4H. The highest BCUT2D eigenvalue weighted by atomic mass is 35.5. The highest BCUT2D eigenvalue weighted by Gasteiger charge is 2.34. The first-order chi connectivity index (χ1) is 10.9. The van der Waals surface area contributed by atoms with Gasteiger partial charge >= 0.3 is 11.7 Å². The van der Waals surface area contributed by atoms with Crippen LogP contribution in [0.4, 0.5) is 26.3 Å². The summed E-state index contributed by atoms with van der Waals surface area (Å²) in [6.45, 7) is 0. The zero-order valence-corrected chi connectivity index (χ0v) is 13.3. The van der Waals surface area contributed by atoms with Crippen LogP contribution in [0.15, 0.2) is 23.2 Å². The van der Waals surface area contributed by atoms with Crippen molar-refractivity contribution in [3.63, 3.8) is 0 Å². The molecule has 1 aromatic carbocycles. The van der Waals surface area contributed by atoms with Crippen molar-refractivity contribution >= 4 is 35.0 Å². The first kappa shape index (κ1) is 18.8. The number of benzene rings is 1. The third-order valence-electron chi connectivity index (χ3n) is 2.62. The quantitative estimate of drug-likeness (QED) is 0.476. The Morgan fingerprint density at radius 1 is 1.08 bits per heavy atom. The van der Waals surface area contributed by atoms with Crippen LogP contribution in [0.5, 0.6) is 0 Å². The second-order valence-electron chi connectivity index (χ2n) is 4.22. The number of halogens is 8. The summed E-state index contributed by atoms with van der Waals surface area (Å²) in [6, 6.07) is 2.59. The van der Waals surface area contributed by atoms with Crippen LogP contribution < -0.4 is 0 Å². The Hall–Kier alpha value is -1.57. The van der Waals surface area contributed by atoms with Gasteiger partial charge in [0.1, 0.15) is 11.8 Å². The topological polar surface area (TPSA) is 41.6 Å². The molecule has 0 saturated carbocycles. The largest absolute Gasteiger partial charge is 0.446 e. The Morgan fingerprint density at radius 2 is 1.62 bits per heavy atom. The highest BCUT2D eigenvalue weighted by Crippen LogP contribution is 2.41. The summed E-state index contributed by atoms with van der Waals surface area (Å²) in [5, 5.41) is 11.6. The van der Waals surface area contributed by atoms with E-state index < -0.39 is 49.6 Å². The molecular formula is C12H3Cl2F6N3S. The summed E-state index contributed by atoms with van der Waals surface area (Å²) in [5.74, 6) is 0. The van der Waals surface area contributed by atoms with Crippen LogP contribution >= 0.6 is 35.0 Å². The Labute approximate surface area is 144 Å². The third kappa shape index (κ3) is 3.91. The molecule has 0 unspecified atom stereocenters. The van der Waals surface area contributed by atoms with Gasteiger partial charge in [-0.25, -0.2) is 4.68 Å². The van der Waals surface area contributed by atoms with Crippen LogP contribution in [0.1, 0.15) is 11.3 Å². The maximum atomic E-state index is 12.7. The normalized spacial score (nSPS) is 12.3. The summed E-state index contributed by atoms with van der Waals surface area (Å²) in [5.41, 5.74) is -6.69. The van der Waals surface area contributed by atoms with Gasteiger partial charge in [0, 0.05) is 0 Å². The van der Waals surface area contributed by atoms with E-state index in [4.69, 9.17) is 28.5 Å². The molecule has 0 radical (unpaired) electrons. The molecule has 128 valence electrons. The van der Waals surface area contributed by atoms with E-state index in [0.717, 1.165) is 6.20 Å². The fraction of sp³-hybridized carbons (Fsp3) is 0.167. The smallest absolute Gasteiger partial charge is 0.219 e. The van der Waals surface area contributed by atoms with Crippen molar-refractivity contribution < 1.29 is 26.3 Å². The van der Waals surface area contributed by atoms with Gasteiger partial charge in [0.2, 0.25) is 0 Å². The fourth-order valence-corrected chi connectivity index (χ4v) is 2.96. The molecule has 3 nitrogen and oxygen atoms in total. The van der Waals surface area contributed by atoms with Gasteiger partial charge in [-0.15, -0.1) is 0 Å². The van der Waals surface area contributed by atoms with Crippen molar-refractivity contribution in [2.75, 3.05) is 0 Å². The predicted molar refractivity (Wildman–Crippen MR) is 75.2 cm³/mol. The summed E-state index contributed by atoms with van der Waals surface area (Å²) in [7, 11) is 0. The lowest BCUT2D eigenvalue weighted by molar-refractivity contribution is -0.137. The molecule has 0 aliphatic carbocycles. The lowest BCUT2D eigenvalue weighted by atomic mass is 10.2. The molecule has 0 aliphatic rings. The number of hydrogen-bond acceptors (Lipinski definition) is 3. The van der Waals surface area contributed by atoms with Gasteiger partial charge in [-0.1, -0.05) is 23.2 Å². The molecule has 1 aromatic heterocycles. The van der Waals surface area contributed by atoms with Crippen LogP contribution in [0, 0.1) is 11.3 Å². The number of nitrogens with zero attached hydrogens (tertiary/aromatic N) is 3. The average molecular weight is 406 g/mol. The number of thioether (sulfide) groups is 1. The minimum absolute atomic E-state index is 0.322. The molecule has 0 amide bonds. The Kier molecular flexibility index (Phi) is 4.99. The number of nitriles is 1. The van der Waals surface area contributed by atoms with Gasteiger partial charge < -0.3 is 0 Å². The predicted octanol–water partition coefficient (Wildman–Crippen LogP) is 5.68.